The average molecular weight is 282 g/mol. The van der Waals surface area contributed by atoms with E-state index in [4.69, 9.17) is 0 Å². The number of carbonyl (C=O) groups excluding carboxylic acids is 1. The van der Waals surface area contributed by atoms with Gasteiger partial charge in [-0.3, -0.25) is 9.78 Å². The Morgan fingerprint density at radius 2 is 1.86 bits per heavy atom. The van der Waals surface area contributed by atoms with Crippen LogP contribution in [0.15, 0.2) is 42.7 Å². The number of rotatable bonds is 2. The summed E-state index contributed by atoms with van der Waals surface area (Å²) in [6.45, 7) is 4.95. The van der Waals surface area contributed by atoms with E-state index in [0.29, 0.717) is 18.7 Å². The van der Waals surface area contributed by atoms with Gasteiger partial charge < -0.3 is 9.80 Å². The lowest BCUT2D eigenvalue weighted by Crippen LogP contribution is -2.49. The summed E-state index contributed by atoms with van der Waals surface area (Å²) in [6.07, 6.45) is 3.45. The predicted octanol–water partition coefficient (Wildman–Crippen LogP) is 1.75. The van der Waals surface area contributed by atoms with Gasteiger partial charge in [-0.25, -0.2) is 4.98 Å². The summed E-state index contributed by atoms with van der Waals surface area (Å²) >= 11 is 0. The number of pyridine rings is 2. The smallest absolute Gasteiger partial charge is 0.255 e. The van der Waals surface area contributed by atoms with Crippen LogP contribution in [0.4, 0.5) is 5.82 Å². The van der Waals surface area contributed by atoms with E-state index < -0.39 is 0 Å². The molecule has 2 aromatic heterocycles. The van der Waals surface area contributed by atoms with Crippen LogP contribution < -0.4 is 4.90 Å². The SMILES string of the molecule is Cc1ccc(C(=O)N2CCN(c3ccccn3)CC2)cn1. The van der Waals surface area contributed by atoms with Crippen LogP contribution in [0.2, 0.25) is 0 Å². The van der Waals surface area contributed by atoms with Crippen molar-refractivity contribution >= 4 is 11.7 Å². The first-order chi connectivity index (χ1) is 10.2. The molecule has 2 aromatic rings. The van der Waals surface area contributed by atoms with Crippen molar-refractivity contribution < 1.29 is 4.79 Å². The highest BCUT2D eigenvalue weighted by Crippen LogP contribution is 2.14. The molecule has 1 amide bonds. The van der Waals surface area contributed by atoms with Crippen molar-refractivity contribution in [2.75, 3.05) is 31.1 Å². The summed E-state index contributed by atoms with van der Waals surface area (Å²) in [5.74, 6) is 1.03. The van der Waals surface area contributed by atoms with E-state index in [0.717, 1.165) is 24.6 Å². The number of amides is 1. The van der Waals surface area contributed by atoms with Crippen molar-refractivity contribution in [3.8, 4) is 0 Å². The molecule has 3 rings (SSSR count). The third-order valence-electron chi connectivity index (χ3n) is 3.70. The molecule has 0 spiro atoms. The van der Waals surface area contributed by atoms with E-state index in [1.54, 1.807) is 12.4 Å². The second-order valence-corrected chi connectivity index (χ2v) is 5.16. The minimum atomic E-state index is 0.0585. The van der Waals surface area contributed by atoms with Crippen LogP contribution >= 0.6 is 0 Å². The molecule has 0 aromatic carbocycles. The maximum atomic E-state index is 12.4. The molecule has 3 heterocycles. The van der Waals surface area contributed by atoms with E-state index in [1.165, 1.54) is 0 Å². The third-order valence-corrected chi connectivity index (χ3v) is 3.70. The van der Waals surface area contributed by atoms with Crippen LogP contribution in [0.5, 0.6) is 0 Å². The first-order valence-corrected chi connectivity index (χ1v) is 7.12. The number of hydrogen-bond donors (Lipinski definition) is 0. The molecule has 1 saturated heterocycles. The van der Waals surface area contributed by atoms with Gasteiger partial charge in [-0.1, -0.05) is 6.07 Å². The molecule has 1 fully saturated rings. The predicted molar refractivity (Wildman–Crippen MR) is 81.3 cm³/mol. The van der Waals surface area contributed by atoms with Gasteiger partial charge in [0.1, 0.15) is 5.82 Å². The number of hydrogen-bond acceptors (Lipinski definition) is 4. The van der Waals surface area contributed by atoms with Crippen LogP contribution in [0.25, 0.3) is 0 Å². The summed E-state index contributed by atoms with van der Waals surface area (Å²) in [4.78, 5) is 25.0. The fourth-order valence-electron chi connectivity index (χ4n) is 2.46. The van der Waals surface area contributed by atoms with Gasteiger partial charge in [0, 0.05) is 44.3 Å². The van der Waals surface area contributed by atoms with Gasteiger partial charge in [0.05, 0.1) is 5.56 Å². The van der Waals surface area contributed by atoms with Gasteiger partial charge >= 0.3 is 0 Å². The van der Waals surface area contributed by atoms with Gasteiger partial charge in [-0.2, -0.15) is 0 Å². The van der Waals surface area contributed by atoms with Crippen molar-refractivity contribution in [2.45, 2.75) is 6.92 Å². The van der Waals surface area contributed by atoms with E-state index in [2.05, 4.69) is 14.9 Å². The summed E-state index contributed by atoms with van der Waals surface area (Å²) in [7, 11) is 0. The number of aryl methyl sites for hydroxylation is 1. The van der Waals surface area contributed by atoms with Crippen molar-refractivity contribution in [2.24, 2.45) is 0 Å². The lowest BCUT2D eigenvalue weighted by Gasteiger charge is -2.35. The summed E-state index contributed by atoms with van der Waals surface area (Å²) in [5, 5.41) is 0. The maximum Gasteiger partial charge on any atom is 0.255 e. The quantitative estimate of drug-likeness (QED) is 0.842. The molecular formula is C16H18N4O. The number of anilines is 1. The Morgan fingerprint density at radius 1 is 1.05 bits per heavy atom. The normalized spacial score (nSPS) is 15.1. The molecule has 0 bridgehead atoms. The van der Waals surface area contributed by atoms with Crippen molar-refractivity contribution in [1.82, 2.24) is 14.9 Å². The number of carbonyl (C=O) groups is 1. The Balaban J connectivity index is 1.63. The van der Waals surface area contributed by atoms with Crippen LogP contribution in [0.3, 0.4) is 0 Å². The zero-order valence-corrected chi connectivity index (χ0v) is 12.1. The fraction of sp³-hybridized carbons (Fsp3) is 0.312. The first kappa shape index (κ1) is 13.5. The maximum absolute atomic E-state index is 12.4. The highest BCUT2D eigenvalue weighted by atomic mass is 16.2. The zero-order valence-electron chi connectivity index (χ0n) is 12.1. The molecule has 108 valence electrons. The fourth-order valence-corrected chi connectivity index (χ4v) is 2.46. The largest absolute Gasteiger partial charge is 0.353 e. The minimum Gasteiger partial charge on any atom is -0.353 e. The second kappa shape index (κ2) is 5.91. The van der Waals surface area contributed by atoms with Crippen LogP contribution in [-0.2, 0) is 0 Å². The highest BCUT2D eigenvalue weighted by Gasteiger charge is 2.22. The molecule has 0 atom stereocenters. The third kappa shape index (κ3) is 3.02. The Bertz CT molecular complexity index is 604. The Morgan fingerprint density at radius 3 is 2.48 bits per heavy atom. The van der Waals surface area contributed by atoms with Crippen LogP contribution in [0.1, 0.15) is 16.1 Å². The topological polar surface area (TPSA) is 49.3 Å². The zero-order chi connectivity index (χ0) is 14.7. The van der Waals surface area contributed by atoms with Crippen molar-refractivity contribution in [1.29, 1.82) is 0 Å². The van der Waals surface area contributed by atoms with E-state index in [9.17, 15) is 4.79 Å². The first-order valence-electron chi connectivity index (χ1n) is 7.12. The number of nitrogens with zero attached hydrogens (tertiary/aromatic N) is 4. The molecular weight excluding hydrogens is 264 g/mol. The minimum absolute atomic E-state index is 0.0585. The van der Waals surface area contributed by atoms with Crippen molar-refractivity contribution in [3.05, 3.63) is 54.0 Å². The second-order valence-electron chi connectivity index (χ2n) is 5.16. The molecule has 0 N–H and O–H groups in total. The molecule has 0 unspecified atom stereocenters. The standard InChI is InChI=1S/C16H18N4O/c1-13-5-6-14(12-18-13)16(21)20-10-8-19(9-11-20)15-4-2-3-7-17-15/h2-7,12H,8-11H2,1H3. The van der Waals surface area contributed by atoms with Crippen molar-refractivity contribution in [3.63, 3.8) is 0 Å². The number of piperazine rings is 1. The van der Waals surface area contributed by atoms with E-state index >= 15 is 0 Å². The highest BCUT2D eigenvalue weighted by molar-refractivity contribution is 5.94. The molecule has 1 aliphatic heterocycles. The van der Waals surface area contributed by atoms with E-state index in [-0.39, 0.29) is 5.91 Å². The van der Waals surface area contributed by atoms with Gasteiger partial charge in [0.2, 0.25) is 0 Å². The Hall–Kier alpha value is -2.43. The van der Waals surface area contributed by atoms with E-state index in [1.807, 2.05) is 42.2 Å². The lowest BCUT2D eigenvalue weighted by molar-refractivity contribution is 0.0746. The molecule has 5 heteroatoms. The van der Waals surface area contributed by atoms with Crippen LogP contribution in [-0.4, -0.2) is 47.0 Å². The molecule has 0 saturated carbocycles. The lowest BCUT2D eigenvalue weighted by atomic mass is 10.2. The Kier molecular flexibility index (Phi) is 3.81. The molecule has 5 nitrogen and oxygen atoms in total. The summed E-state index contributed by atoms with van der Waals surface area (Å²) in [5.41, 5.74) is 1.58. The van der Waals surface area contributed by atoms with Gasteiger partial charge in [0.25, 0.3) is 5.91 Å². The monoisotopic (exact) mass is 282 g/mol. The van der Waals surface area contributed by atoms with Gasteiger partial charge in [-0.05, 0) is 31.2 Å². The average Bonchev–Trinajstić information content (AvgIpc) is 2.56. The summed E-state index contributed by atoms with van der Waals surface area (Å²) in [6, 6.07) is 9.61. The summed E-state index contributed by atoms with van der Waals surface area (Å²) < 4.78 is 0. The van der Waals surface area contributed by atoms with Gasteiger partial charge in [0.15, 0.2) is 0 Å². The molecule has 1 aliphatic rings. The van der Waals surface area contributed by atoms with Gasteiger partial charge in [-0.15, -0.1) is 0 Å². The molecule has 0 aliphatic carbocycles. The van der Waals surface area contributed by atoms with Crippen LogP contribution in [0, 0.1) is 6.92 Å². The Labute approximate surface area is 124 Å². The number of aromatic nitrogens is 2. The molecule has 21 heavy (non-hydrogen) atoms. The molecule has 0 radical (unpaired) electrons.